The van der Waals surface area contributed by atoms with Crippen LogP contribution in [0.5, 0.6) is 0 Å². The van der Waals surface area contributed by atoms with E-state index in [2.05, 4.69) is 4.98 Å². The molecule has 3 nitrogen and oxygen atoms in total. The van der Waals surface area contributed by atoms with Crippen LogP contribution in [0.1, 0.15) is 20.3 Å². The van der Waals surface area contributed by atoms with Crippen LogP contribution in [0.4, 0.5) is 0 Å². The van der Waals surface area contributed by atoms with E-state index in [1.165, 1.54) is 11.8 Å². The number of pyridine rings is 1. The molecule has 4 heteroatoms. The number of aromatic nitrogens is 1. The first kappa shape index (κ1) is 11.0. The molecule has 0 bridgehead atoms. The third kappa shape index (κ3) is 3.79. The minimum absolute atomic E-state index is 0.133. The highest BCUT2D eigenvalue weighted by atomic mass is 32.2. The lowest BCUT2D eigenvalue weighted by molar-refractivity contribution is -0.137. The smallest absolute Gasteiger partial charge is 0.304 e. The second-order valence-electron chi connectivity index (χ2n) is 3.60. The molecule has 1 heterocycles. The highest BCUT2D eigenvalue weighted by molar-refractivity contribution is 8.00. The van der Waals surface area contributed by atoms with Gasteiger partial charge in [-0.1, -0.05) is 17.8 Å². The maximum absolute atomic E-state index is 10.6. The first-order chi connectivity index (χ1) is 6.49. The van der Waals surface area contributed by atoms with Crippen LogP contribution in [0.2, 0.25) is 0 Å². The topological polar surface area (TPSA) is 50.2 Å². The summed E-state index contributed by atoms with van der Waals surface area (Å²) in [7, 11) is 0. The van der Waals surface area contributed by atoms with Crippen LogP contribution >= 0.6 is 11.8 Å². The zero-order valence-electron chi connectivity index (χ0n) is 8.23. The maximum Gasteiger partial charge on any atom is 0.304 e. The molecule has 76 valence electrons. The lowest BCUT2D eigenvalue weighted by Gasteiger charge is -2.20. The van der Waals surface area contributed by atoms with Gasteiger partial charge in [-0.2, -0.15) is 0 Å². The number of aliphatic carboxylic acids is 1. The van der Waals surface area contributed by atoms with Crippen molar-refractivity contribution >= 4 is 17.7 Å². The normalized spacial score (nSPS) is 11.3. The third-order valence-electron chi connectivity index (χ3n) is 1.60. The molecule has 0 amide bonds. The van der Waals surface area contributed by atoms with Gasteiger partial charge in [-0.15, -0.1) is 0 Å². The molecule has 1 aromatic rings. The summed E-state index contributed by atoms with van der Waals surface area (Å²) in [5, 5.41) is 9.55. The zero-order valence-corrected chi connectivity index (χ0v) is 9.04. The number of hydrogen-bond donors (Lipinski definition) is 1. The van der Waals surface area contributed by atoms with Crippen molar-refractivity contribution in [2.75, 3.05) is 0 Å². The van der Waals surface area contributed by atoms with E-state index in [1.54, 1.807) is 6.20 Å². The quantitative estimate of drug-likeness (QED) is 0.777. The van der Waals surface area contributed by atoms with Gasteiger partial charge >= 0.3 is 5.97 Å². The fourth-order valence-corrected chi connectivity index (χ4v) is 2.11. The highest BCUT2D eigenvalue weighted by Crippen LogP contribution is 2.33. The lowest BCUT2D eigenvalue weighted by Crippen LogP contribution is -2.19. The predicted molar refractivity (Wildman–Crippen MR) is 56.4 cm³/mol. The fraction of sp³-hybridized carbons (Fsp3) is 0.400. The van der Waals surface area contributed by atoms with E-state index >= 15 is 0 Å². The van der Waals surface area contributed by atoms with Gasteiger partial charge < -0.3 is 5.11 Å². The van der Waals surface area contributed by atoms with E-state index in [0.29, 0.717) is 0 Å². The first-order valence-electron chi connectivity index (χ1n) is 4.31. The van der Waals surface area contributed by atoms with Crippen LogP contribution < -0.4 is 0 Å². The largest absolute Gasteiger partial charge is 0.481 e. The lowest BCUT2D eigenvalue weighted by atomic mass is 10.1. The molecule has 0 aliphatic heterocycles. The number of carbonyl (C=O) groups is 1. The molecule has 1 aromatic heterocycles. The molecule has 0 fully saturated rings. The van der Waals surface area contributed by atoms with E-state index < -0.39 is 5.97 Å². The van der Waals surface area contributed by atoms with Gasteiger partial charge in [0, 0.05) is 10.9 Å². The summed E-state index contributed by atoms with van der Waals surface area (Å²) in [5.74, 6) is -0.779. The third-order valence-corrected chi connectivity index (χ3v) is 2.74. The van der Waals surface area contributed by atoms with Crippen LogP contribution in [-0.2, 0) is 4.79 Å². The molecule has 14 heavy (non-hydrogen) atoms. The molecule has 0 aliphatic rings. The van der Waals surface area contributed by atoms with Crippen molar-refractivity contribution in [2.24, 2.45) is 0 Å². The average molecular weight is 211 g/mol. The molecule has 1 rings (SSSR count). The Morgan fingerprint density at radius 2 is 2.29 bits per heavy atom. The van der Waals surface area contributed by atoms with Gasteiger partial charge in [-0.05, 0) is 26.0 Å². The summed E-state index contributed by atoms with van der Waals surface area (Å²) in [6, 6.07) is 5.62. The highest BCUT2D eigenvalue weighted by Gasteiger charge is 2.23. The van der Waals surface area contributed by atoms with E-state index in [-0.39, 0.29) is 11.2 Å². The number of carboxylic acid groups (broad SMARTS) is 1. The first-order valence-corrected chi connectivity index (χ1v) is 5.13. The van der Waals surface area contributed by atoms with Gasteiger partial charge in [-0.3, -0.25) is 4.79 Å². The SMILES string of the molecule is CC(C)(CC(=O)O)Sc1ccccn1. The summed E-state index contributed by atoms with van der Waals surface area (Å²) in [5.41, 5.74) is 0. The molecular weight excluding hydrogens is 198 g/mol. The Hall–Kier alpha value is -1.03. The fourth-order valence-electron chi connectivity index (χ4n) is 1.09. The van der Waals surface area contributed by atoms with E-state index in [1.807, 2.05) is 32.0 Å². The van der Waals surface area contributed by atoms with Crippen LogP contribution in [0, 0.1) is 0 Å². The summed E-state index contributed by atoms with van der Waals surface area (Å²) >= 11 is 1.48. The summed E-state index contributed by atoms with van der Waals surface area (Å²) in [4.78, 5) is 14.7. The standard InChI is InChI=1S/C10H13NO2S/c1-10(2,7-9(12)13)14-8-5-3-4-6-11-8/h3-6H,7H2,1-2H3,(H,12,13). The van der Waals surface area contributed by atoms with E-state index in [4.69, 9.17) is 5.11 Å². The number of nitrogens with zero attached hydrogens (tertiary/aromatic N) is 1. The molecule has 0 saturated carbocycles. The Morgan fingerprint density at radius 3 is 2.79 bits per heavy atom. The monoisotopic (exact) mass is 211 g/mol. The molecule has 0 aromatic carbocycles. The van der Waals surface area contributed by atoms with Crippen LogP contribution in [0.3, 0.4) is 0 Å². The minimum Gasteiger partial charge on any atom is -0.481 e. The second kappa shape index (κ2) is 4.46. The Balaban J connectivity index is 2.63. The van der Waals surface area contributed by atoms with Crippen molar-refractivity contribution in [2.45, 2.75) is 30.0 Å². The molecule has 0 saturated heterocycles. The molecule has 0 aliphatic carbocycles. The average Bonchev–Trinajstić information content (AvgIpc) is 2.02. The Morgan fingerprint density at radius 1 is 1.57 bits per heavy atom. The Labute approximate surface area is 87.6 Å². The number of thioether (sulfide) groups is 1. The van der Waals surface area contributed by atoms with Gasteiger partial charge in [0.15, 0.2) is 0 Å². The summed E-state index contributed by atoms with van der Waals surface area (Å²) < 4.78 is -0.319. The maximum atomic E-state index is 10.6. The van der Waals surface area contributed by atoms with E-state index in [9.17, 15) is 4.79 Å². The van der Waals surface area contributed by atoms with Crippen molar-refractivity contribution in [1.82, 2.24) is 4.98 Å². The van der Waals surface area contributed by atoms with Gasteiger partial charge in [0.25, 0.3) is 0 Å². The molecule has 0 atom stereocenters. The van der Waals surface area contributed by atoms with Crippen LogP contribution in [0.25, 0.3) is 0 Å². The zero-order chi connectivity index (χ0) is 10.6. The predicted octanol–water partition coefficient (Wildman–Crippen LogP) is 2.43. The Kier molecular flexibility index (Phi) is 3.52. The van der Waals surface area contributed by atoms with Gasteiger partial charge in [-0.25, -0.2) is 4.98 Å². The van der Waals surface area contributed by atoms with Crippen molar-refractivity contribution in [3.05, 3.63) is 24.4 Å². The number of hydrogen-bond acceptors (Lipinski definition) is 3. The van der Waals surface area contributed by atoms with Crippen molar-refractivity contribution < 1.29 is 9.90 Å². The molecule has 0 unspecified atom stereocenters. The summed E-state index contributed by atoms with van der Waals surface area (Å²) in [6.45, 7) is 3.81. The summed E-state index contributed by atoms with van der Waals surface area (Å²) in [6.07, 6.45) is 1.84. The Bertz CT molecular complexity index is 311. The van der Waals surface area contributed by atoms with Crippen LogP contribution in [0.15, 0.2) is 29.4 Å². The second-order valence-corrected chi connectivity index (χ2v) is 5.33. The molecule has 0 spiro atoms. The molecule has 1 N–H and O–H groups in total. The van der Waals surface area contributed by atoms with Gasteiger partial charge in [0.1, 0.15) is 0 Å². The van der Waals surface area contributed by atoms with Crippen molar-refractivity contribution in [3.63, 3.8) is 0 Å². The number of rotatable bonds is 4. The van der Waals surface area contributed by atoms with Gasteiger partial charge in [0.05, 0.1) is 11.4 Å². The van der Waals surface area contributed by atoms with Crippen LogP contribution in [-0.4, -0.2) is 20.8 Å². The molecular formula is C10H13NO2S. The van der Waals surface area contributed by atoms with Crippen molar-refractivity contribution in [3.8, 4) is 0 Å². The minimum atomic E-state index is -0.779. The van der Waals surface area contributed by atoms with Crippen molar-refractivity contribution in [1.29, 1.82) is 0 Å². The van der Waals surface area contributed by atoms with Gasteiger partial charge in [0.2, 0.25) is 0 Å². The number of carboxylic acids is 1. The molecule has 0 radical (unpaired) electrons. The van der Waals surface area contributed by atoms with E-state index in [0.717, 1.165) is 5.03 Å².